The predicted octanol–water partition coefficient (Wildman–Crippen LogP) is 4.85. The molecule has 4 rings (SSSR count). The molecule has 0 radical (unpaired) electrons. The lowest BCUT2D eigenvalue weighted by Crippen LogP contribution is -2.60. The average Bonchev–Trinajstić information content (AvgIpc) is 2.92. The van der Waals surface area contributed by atoms with Gasteiger partial charge in [-0.15, -0.1) is 11.8 Å². The Balaban J connectivity index is 1.51. The Morgan fingerprint density at radius 2 is 1.44 bits per heavy atom. The van der Waals surface area contributed by atoms with E-state index in [1.54, 1.807) is 24.3 Å². The lowest BCUT2D eigenvalue weighted by molar-refractivity contribution is -0.227. The Labute approximate surface area is 216 Å². The fourth-order valence-corrected chi connectivity index (χ4v) is 4.99. The molecule has 3 aromatic carbocycles. The highest BCUT2D eigenvalue weighted by Gasteiger charge is 2.48. The number of thioether (sulfide) groups is 1. The van der Waals surface area contributed by atoms with E-state index in [0.29, 0.717) is 12.2 Å². The van der Waals surface area contributed by atoms with E-state index in [4.69, 9.17) is 18.9 Å². The van der Waals surface area contributed by atoms with Gasteiger partial charge in [0.25, 0.3) is 0 Å². The van der Waals surface area contributed by atoms with Crippen LogP contribution in [0.3, 0.4) is 0 Å². The van der Waals surface area contributed by atoms with E-state index in [1.807, 2.05) is 73.7 Å². The number of hydrogen-bond donors (Lipinski definition) is 1. The van der Waals surface area contributed by atoms with Crippen molar-refractivity contribution in [1.29, 1.82) is 0 Å². The van der Waals surface area contributed by atoms with Crippen molar-refractivity contribution in [2.45, 2.75) is 50.0 Å². The third kappa shape index (κ3) is 7.18. The third-order valence-electron chi connectivity index (χ3n) is 5.88. The first-order chi connectivity index (χ1) is 17.7. The first-order valence-corrected chi connectivity index (χ1v) is 13.2. The van der Waals surface area contributed by atoms with Crippen LogP contribution < -0.4 is 0 Å². The first kappa shape index (κ1) is 26.4. The molecule has 1 fully saturated rings. The summed E-state index contributed by atoms with van der Waals surface area (Å²) in [6.45, 7) is 2.86. The average molecular weight is 509 g/mol. The molecule has 0 amide bonds. The maximum absolute atomic E-state index is 13.0. The fraction of sp³-hybridized carbons (Fsp3) is 0.345. The molecule has 1 heterocycles. The van der Waals surface area contributed by atoms with Crippen LogP contribution in [-0.2, 0) is 32.2 Å². The van der Waals surface area contributed by atoms with E-state index in [1.165, 1.54) is 11.8 Å². The molecule has 3 aromatic rings. The Morgan fingerprint density at radius 3 is 2.06 bits per heavy atom. The number of aliphatic hydroxyl groups is 1. The van der Waals surface area contributed by atoms with E-state index in [2.05, 4.69) is 0 Å². The minimum Gasteiger partial charge on any atom is -0.452 e. The summed E-state index contributed by atoms with van der Waals surface area (Å²) in [5, 5.41) is 11.3. The molecular weight excluding hydrogens is 476 g/mol. The van der Waals surface area contributed by atoms with Crippen LogP contribution in [0.1, 0.15) is 28.4 Å². The van der Waals surface area contributed by atoms with Gasteiger partial charge in [-0.2, -0.15) is 0 Å². The highest BCUT2D eigenvalue weighted by atomic mass is 32.2. The Bertz CT molecular complexity index is 1050. The Morgan fingerprint density at radius 1 is 0.861 bits per heavy atom. The van der Waals surface area contributed by atoms with E-state index in [9.17, 15) is 9.90 Å². The topological polar surface area (TPSA) is 74.2 Å². The van der Waals surface area contributed by atoms with Crippen LogP contribution in [0.2, 0.25) is 0 Å². The van der Waals surface area contributed by atoms with Crippen molar-refractivity contribution in [3.63, 3.8) is 0 Å². The number of carbonyl (C=O) groups excluding carboxylic acids is 1. The van der Waals surface area contributed by atoms with Gasteiger partial charge in [0.05, 0.1) is 25.4 Å². The molecule has 1 saturated heterocycles. The van der Waals surface area contributed by atoms with Crippen molar-refractivity contribution in [3.05, 3.63) is 108 Å². The monoisotopic (exact) mass is 508 g/mol. The number of aliphatic hydroxyl groups excluding tert-OH is 1. The maximum atomic E-state index is 13.0. The maximum Gasteiger partial charge on any atom is 0.338 e. The third-order valence-corrected chi connectivity index (χ3v) is 6.92. The second-order valence-corrected chi connectivity index (χ2v) is 9.86. The summed E-state index contributed by atoms with van der Waals surface area (Å²) in [5.74, 6) is 0.258. The van der Waals surface area contributed by atoms with Crippen LogP contribution in [0, 0.1) is 0 Å². The van der Waals surface area contributed by atoms with Gasteiger partial charge in [-0.1, -0.05) is 85.8 Å². The molecular formula is C29H32O6S. The molecule has 0 aliphatic carbocycles. The number of esters is 1. The van der Waals surface area contributed by atoms with Gasteiger partial charge >= 0.3 is 5.97 Å². The second-order valence-electron chi connectivity index (χ2n) is 8.49. The van der Waals surface area contributed by atoms with E-state index in [0.717, 1.165) is 16.9 Å². The molecule has 0 bridgehead atoms. The van der Waals surface area contributed by atoms with Crippen LogP contribution in [0.5, 0.6) is 0 Å². The zero-order valence-electron chi connectivity index (χ0n) is 20.3. The summed E-state index contributed by atoms with van der Waals surface area (Å²) in [4.78, 5) is 13.0. The van der Waals surface area contributed by atoms with Crippen molar-refractivity contribution in [1.82, 2.24) is 0 Å². The van der Waals surface area contributed by atoms with Gasteiger partial charge in [-0.05, 0) is 29.0 Å². The van der Waals surface area contributed by atoms with Crippen LogP contribution in [0.15, 0.2) is 91.0 Å². The SMILES string of the molecule is CCS[C@@H]1O[C@H](COCc2ccccc2)[C@@H](O)[C@H](OCc2ccccc2)[C@H]1OC(=O)c1ccccc1. The molecule has 190 valence electrons. The van der Waals surface area contributed by atoms with Gasteiger partial charge in [-0.3, -0.25) is 0 Å². The van der Waals surface area contributed by atoms with Crippen molar-refractivity contribution in [2.75, 3.05) is 12.4 Å². The summed E-state index contributed by atoms with van der Waals surface area (Å²) >= 11 is 1.51. The van der Waals surface area contributed by atoms with Crippen LogP contribution in [-0.4, -0.2) is 53.3 Å². The van der Waals surface area contributed by atoms with Crippen molar-refractivity contribution in [3.8, 4) is 0 Å². The molecule has 1 aliphatic rings. The minimum atomic E-state index is -1.05. The molecule has 36 heavy (non-hydrogen) atoms. The molecule has 0 spiro atoms. The van der Waals surface area contributed by atoms with Crippen molar-refractivity contribution >= 4 is 17.7 Å². The van der Waals surface area contributed by atoms with Gasteiger partial charge in [0.1, 0.15) is 23.7 Å². The normalized spacial score (nSPS) is 23.8. The Kier molecular flexibility index (Phi) is 9.95. The zero-order chi connectivity index (χ0) is 25.2. The molecule has 0 aromatic heterocycles. The number of ether oxygens (including phenoxy) is 4. The van der Waals surface area contributed by atoms with Gasteiger partial charge in [0.15, 0.2) is 6.10 Å². The molecule has 1 N–H and O–H groups in total. The number of benzene rings is 3. The molecule has 0 unspecified atom stereocenters. The highest BCUT2D eigenvalue weighted by Crippen LogP contribution is 2.33. The number of rotatable bonds is 11. The lowest BCUT2D eigenvalue weighted by atomic mass is 9.99. The summed E-state index contributed by atoms with van der Waals surface area (Å²) in [5.41, 5.74) is 1.91. The minimum absolute atomic E-state index is 0.182. The van der Waals surface area contributed by atoms with E-state index in [-0.39, 0.29) is 13.2 Å². The standard InChI is InChI=1S/C29H32O6S/c1-2-36-29-27(35-28(31)23-16-10-5-11-17-23)26(33-19-22-14-8-4-9-15-22)25(30)24(34-29)20-32-18-21-12-6-3-7-13-21/h3-17,24-27,29-30H,2,18-20H2,1H3/t24-,25-,26+,27-,29+/m1/s1. The Hall–Kier alpha value is -2.68. The molecule has 7 heteroatoms. The van der Waals surface area contributed by atoms with Crippen LogP contribution in [0.4, 0.5) is 0 Å². The van der Waals surface area contributed by atoms with Crippen molar-refractivity contribution < 1.29 is 28.8 Å². The fourth-order valence-electron chi connectivity index (χ4n) is 4.04. The number of carbonyl (C=O) groups is 1. The highest BCUT2D eigenvalue weighted by molar-refractivity contribution is 7.99. The number of hydrogen-bond acceptors (Lipinski definition) is 7. The summed E-state index contributed by atoms with van der Waals surface area (Å²) in [7, 11) is 0. The quantitative estimate of drug-likeness (QED) is 0.371. The van der Waals surface area contributed by atoms with E-state index < -0.39 is 35.8 Å². The molecule has 6 nitrogen and oxygen atoms in total. The predicted molar refractivity (Wildman–Crippen MR) is 140 cm³/mol. The first-order valence-electron chi connectivity index (χ1n) is 12.1. The summed E-state index contributed by atoms with van der Waals surface area (Å²) in [6.07, 6.45) is -3.27. The lowest BCUT2D eigenvalue weighted by Gasteiger charge is -2.43. The van der Waals surface area contributed by atoms with Gasteiger partial charge in [0.2, 0.25) is 0 Å². The second kappa shape index (κ2) is 13.6. The summed E-state index contributed by atoms with van der Waals surface area (Å²) < 4.78 is 24.3. The molecule has 5 atom stereocenters. The van der Waals surface area contributed by atoms with Crippen molar-refractivity contribution in [2.24, 2.45) is 0 Å². The summed E-state index contributed by atoms with van der Waals surface area (Å²) in [6, 6.07) is 28.3. The van der Waals surface area contributed by atoms with E-state index >= 15 is 0 Å². The van der Waals surface area contributed by atoms with Gasteiger partial charge in [-0.25, -0.2) is 4.79 Å². The zero-order valence-corrected chi connectivity index (χ0v) is 21.1. The molecule has 1 aliphatic heterocycles. The van der Waals surface area contributed by atoms with Gasteiger partial charge < -0.3 is 24.1 Å². The largest absolute Gasteiger partial charge is 0.452 e. The van der Waals surface area contributed by atoms with Crippen LogP contribution in [0.25, 0.3) is 0 Å². The molecule has 0 saturated carbocycles. The van der Waals surface area contributed by atoms with Gasteiger partial charge in [0, 0.05) is 0 Å². The van der Waals surface area contributed by atoms with Crippen LogP contribution >= 0.6 is 11.8 Å². The smallest absolute Gasteiger partial charge is 0.338 e.